The maximum Gasteiger partial charge on any atom is 0.263 e. The molecule has 0 atom stereocenters. The Kier molecular flexibility index (Phi) is 8.67. The first-order valence-electron chi connectivity index (χ1n) is 12.6. The van der Waals surface area contributed by atoms with Crippen molar-refractivity contribution in [3.8, 4) is 17.3 Å². The summed E-state index contributed by atoms with van der Waals surface area (Å²) in [5.74, 6) is 1.20. The lowest BCUT2D eigenvalue weighted by molar-refractivity contribution is -0.122. The van der Waals surface area contributed by atoms with E-state index < -0.39 is 0 Å². The van der Waals surface area contributed by atoms with Gasteiger partial charge in [-0.2, -0.15) is 0 Å². The summed E-state index contributed by atoms with van der Waals surface area (Å²) < 4.78 is 12.6. The quantitative estimate of drug-likeness (QED) is 0.407. The number of hydrogen-bond acceptors (Lipinski definition) is 9. The van der Waals surface area contributed by atoms with E-state index in [2.05, 4.69) is 25.2 Å². The summed E-state index contributed by atoms with van der Waals surface area (Å²) in [5, 5.41) is 3.13. The smallest absolute Gasteiger partial charge is 0.263 e. The highest BCUT2D eigenvalue weighted by molar-refractivity contribution is 5.80. The molecule has 1 N–H and O–H groups in total. The molecule has 37 heavy (non-hydrogen) atoms. The monoisotopic (exact) mass is 509 g/mol. The summed E-state index contributed by atoms with van der Waals surface area (Å²) >= 11 is 0. The predicted molar refractivity (Wildman–Crippen MR) is 142 cm³/mol. The van der Waals surface area contributed by atoms with Crippen LogP contribution in [-0.4, -0.2) is 89.9 Å². The molecule has 4 rings (SSSR count). The van der Waals surface area contributed by atoms with E-state index in [0.29, 0.717) is 23.9 Å². The number of fused-ring (bicyclic) bond motifs is 1. The second kappa shape index (κ2) is 12.1. The average Bonchev–Trinajstić information content (AvgIpc) is 2.88. The van der Waals surface area contributed by atoms with Gasteiger partial charge in [-0.3, -0.25) is 19.1 Å². The third-order valence-corrected chi connectivity index (χ3v) is 5.95. The Morgan fingerprint density at radius 2 is 2.00 bits per heavy atom. The average molecular weight is 510 g/mol. The number of carbonyl (C=O) groups is 1. The minimum Gasteiger partial charge on any atom is -0.492 e. The Balaban J connectivity index is 1.63. The third kappa shape index (κ3) is 6.80. The molecule has 0 spiro atoms. The van der Waals surface area contributed by atoms with Crippen molar-refractivity contribution in [2.24, 2.45) is 0 Å². The van der Waals surface area contributed by atoms with Crippen molar-refractivity contribution in [1.82, 2.24) is 29.7 Å². The number of hydrogen-bond donors (Lipinski definition) is 1. The molecular weight excluding hydrogens is 474 g/mol. The molecule has 1 amide bonds. The van der Waals surface area contributed by atoms with E-state index in [1.807, 2.05) is 45.0 Å². The van der Waals surface area contributed by atoms with Gasteiger partial charge in [-0.1, -0.05) is 6.07 Å². The van der Waals surface area contributed by atoms with Crippen LogP contribution in [0.5, 0.6) is 5.75 Å². The lowest BCUT2D eigenvalue weighted by atomic mass is 10.2. The van der Waals surface area contributed by atoms with Crippen LogP contribution in [0.2, 0.25) is 0 Å². The zero-order valence-electron chi connectivity index (χ0n) is 21.9. The summed E-state index contributed by atoms with van der Waals surface area (Å²) in [5.41, 5.74) is 0.383. The maximum absolute atomic E-state index is 13.6. The van der Waals surface area contributed by atoms with Crippen LogP contribution in [0.3, 0.4) is 0 Å². The molecule has 1 aliphatic heterocycles. The maximum atomic E-state index is 13.6. The lowest BCUT2D eigenvalue weighted by Crippen LogP contribution is -2.37. The number of amides is 1. The first-order valence-corrected chi connectivity index (χ1v) is 12.6. The van der Waals surface area contributed by atoms with Gasteiger partial charge in [0.15, 0.2) is 11.5 Å². The second-order valence-electron chi connectivity index (χ2n) is 9.52. The van der Waals surface area contributed by atoms with Crippen LogP contribution >= 0.6 is 0 Å². The van der Waals surface area contributed by atoms with Crippen molar-refractivity contribution in [2.75, 3.05) is 58.5 Å². The largest absolute Gasteiger partial charge is 0.492 e. The fourth-order valence-electron chi connectivity index (χ4n) is 4.12. The van der Waals surface area contributed by atoms with Crippen molar-refractivity contribution in [2.45, 2.75) is 32.9 Å². The van der Waals surface area contributed by atoms with Crippen molar-refractivity contribution < 1.29 is 14.3 Å². The highest BCUT2D eigenvalue weighted by Crippen LogP contribution is 2.21. The summed E-state index contributed by atoms with van der Waals surface area (Å²) in [6.07, 6.45) is 2.43. The molecule has 0 unspecified atom stereocenters. The number of nitrogens with zero attached hydrogens (tertiary/aromatic N) is 6. The molecule has 4 heterocycles. The SMILES string of the molecule is CC(C)NC(=O)Cn1c(-c2cccc(N(C)C)n2)nc2ncc(OCCCN3CCOCC3)cc2c1=O. The van der Waals surface area contributed by atoms with Crippen LogP contribution < -0.4 is 20.5 Å². The van der Waals surface area contributed by atoms with Gasteiger partial charge in [0.25, 0.3) is 5.56 Å². The van der Waals surface area contributed by atoms with E-state index in [4.69, 9.17) is 9.47 Å². The van der Waals surface area contributed by atoms with Crippen LogP contribution in [0.15, 0.2) is 35.3 Å². The number of pyridine rings is 2. The molecular formula is C26H35N7O4. The predicted octanol–water partition coefficient (Wildman–Crippen LogP) is 1.55. The first-order chi connectivity index (χ1) is 17.8. The summed E-state index contributed by atoms with van der Waals surface area (Å²) in [6, 6.07) is 7.06. The number of rotatable bonds is 10. The Morgan fingerprint density at radius 1 is 1.22 bits per heavy atom. The summed E-state index contributed by atoms with van der Waals surface area (Å²) in [6.45, 7) is 8.37. The molecule has 3 aromatic rings. The molecule has 0 bridgehead atoms. The van der Waals surface area contributed by atoms with Gasteiger partial charge < -0.3 is 19.7 Å². The minimum atomic E-state index is -0.373. The Hall–Kier alpha value is -3.57. The number of anilines is 1. The van der Waals surface area contributed by atoms with Crippen LogP contribution in [0, 0.1) is 0 Å². The Labute approximate surface area is 216 Å². The van der Waals surface area contributed by atoms with Crippen LogP contribution in [0.4, 0.5) is 5.82 Å². The van der Waals surface area contributed by atoms with Gasteiger partial charge in [0, 0.05) is 39.8 Å². The van der Waals surface area contributed by atoms with E-state index in [-0.39, 0.29) is 40.9 Å². The van der Waals surface area contributed by atoms with Crippen molar-refractivity contribution in [1.29, 1.82) is 0 Å². The van der Waals surface area contributed by atoms with Gasteiger partial charge in [0.1, 0.15) is 23.8 Å². The van der Waals surface area contributed by atoms with Crippen LogP contribution in [0.1, 0.15) is 20.3 Å². The molecule has 0 aliphatic carbocycles. The van der Waals surface area contributed by atoms with Crippen molar-refractivity contribution in [3.05, 3.63) is 40.8 Å². The lowest BCUT2D eigenvalue weighted by Gasteiger charge is -2.26. The third-order valence-electron chi connectivity index (χ3n) is 5.95. The van der Waals surface area contributed by atoms with Crippen LogP contribution in [0.25, 0.3) is 22.6 Å². The topological polar surface area (TPSA) is 115 Å². The molecule has 1 aliphatic rings. The van der Waals surface area contributed by atoms with Crippen LogP contribution in [-0.2, 0) is 16.1 Å². The fourth-order valence-corrected chi connectivity index (χ4v) is 4.12. The van der Waals surface area contributed by atoms with Gasteiger partial charge in [0.05, 0.1) is 31.4 Å². The standard InChI is InChI=1S/C26H35N7O4/c1-18(2)28-23(34)17-33-25(21-7-5-8-22(29-21)31(3)4)30-24-20(26(33)35)15-19(16-27-24)37-12-6-9-32-10-13-36-14-11-32/h5,7-8,15-16,18H,6,9-14,17H2,1-4H3,(H,28,34). The number of carbonyl (C=O) groups excluding carboxylic acids is 1. The van der Waals surface area contributed by atoms with Gasteiger partial charge in [0.2, 0.25) is 5.91 Å². The van der Waals surface area contributed by atoms with Gasteiger partial charge in [-0.25, -0.2) is 15.0 Å². The fraction of sp³-hybridized carbons (Fsp3) is 0.500. The van der Waals surface area contributed by atoms with E-state index in [0.717, 1.165) is 39.3 Å². The normalized spacial score (nSPS) is 14.2. The van der Waals surface area contributed by atoms with Crippen molar-refractivity contribution in [3.63, 3.8) is 0 Å². The molecule has 11 heteroatoms. The van der Waals surface area contributed by atoms with Crippen molar-refractivity contribution >= 4 is 22.8 Å². The zero-order valence-corrected chi connectivity index (χ0v) is 21.9. The zero-order chi connectivity index (χ0) is 26.4. The van der Waals surface area contributed by atoms with E-state index in [1.54, 1.807) is 18.3 Å². The number of ether oxygens (including phenoxy) is 2. The van der Waals surface area contributed by atoms with E-state index in [9.17, 15) is 9.59 Å². The molecule has 1 fully saturated rings. The van der Waals surface area contributed by atoms with E-state index in [1.165, 1.54) is 4.57 Å². The summed E-state index contributed by atoms with van der Waals surface area (Å²) in [4.78, 5) is 44.2. The number of aromatic nitrogens is 4. The second-order valence-corrected chi connectivity index (χ2v) is 9.52. The summed E-state index contributed by atoms with van der Waals surface area (Å²) in [7, 11) is 3.76. The first kappa shape index (κ1) is 26.5. The van der Waals surface area contributed by atoms with Gasteiger partial charge in [-0.15, -0.1) is 0 Å². The molecule has 0 aromatic carbocycles. The number of morpholine rings is 1. The molecule has 0 radical (unpaired) electrons. The molecule has 11 nitrogen and oxygen atoms in total. The molecule has 3 aromatic heterocycles. The highest BCUT2D eigenvalue weighted by atomic mass is 16.5. The Bertz CT molecular complexity index is 1290. The van der Waals surface area contributed by atoms with Gasteiger partial charge in [-0.05, 0) is 38.5 Å². The molecule has 1 saturated heterocycles. The van der Waals surface area contributed by atoms with Gasteiger partial charge >= 0.3 is 0 Å². The minimum absolute atomic E-state index is 0.0607. The number of nitrogens with one attached hydrogen (secondary N) is 1. The molecule has 0 saturated carbocycles. The van der Waals surface area contributed by atoms with E-state index >= 15 is 0 Å². The highest BCUT2D eigenvalue weighted by Gasteiger charge is 2.19. The molecule has 198 valence electrons. The Morgan fingerprint density at radius 3 is 2.73 bits per heavy atom.